The molecule has 6 N–H and O–H groups in total. The highest BCUT2D eigenvalue weighted by atomic mass is 19.1. The number of nitrogens with one attached hydrogen (secondary N) is 4. The van der Waals surface area contributed by atoms with Gasteiger partial charge < -0.3 is 26.7 Å². The van der Waals surface area contributed by atoms with Crippen LogP contribution < -0.4 is 21.7 Å². The molecule has 0 spiro atoms. The number of rotatable bonds is 9. The van der Waals surface area contributed by atoms with E-state index in [1.165, 1.54) is 6.07 Å². The first kappa shape index (κ1) is 26.6. The number of nitrogens with two attached hydrogens (primary N) is 1. The van der Waals surface area contributed by atoms with Gasteiger partial charge in [-0.15, -0.1) is 0 Å². The number of benzene rings is 4. The van der Waals surface area contributed by atoms with E-state index in [1.54, 1.807) is 18.3 Å². The highest BCUT2D eigenvalue weighted by molar-refractivity contribution is 6.10. The number of anilines is 1. The molecule has 0 unspecified atom stereocenters. The quantitative estimate of drug-likeness (QED) is 0.194. The third-order valence-electron chi connectivity index (χ3n) is 6.65. The first-order chi connectivity index (χ1) is 19.4. The summed E-state index contributed by atoms with van der Waals surface area (Å²) in [6.07, 6.45) is 1.97. The number of fused-ring (bicyclic) bond motifs is 2. The van der Waals surface area contributed by atoms with Crippen LogP contribution in [0.5, 0.6) is 0 Å². The molecule has 9 heteroatoms. The predicted molar refractivity (Wildman–Crippen MR) is 154 cm³/mol. The van der Waals surface area contributed by atoms with Crippen LogP contribution in [-0.4, -0.2) is 41.8 Å². The van der Waals surface area contributed by atoms with Crippen LogP contribution in [0.25, 0.3) is 21.7 Å². The topological polar surface area (TPSA) is 129 Å². The third kappa shape index (κ3) is 5.84. The minimum Gasteiger partial charge on any atom is -0.361 e. The van der Waals surface area contributed by atoms with Gasteiger partial charge >= 0.3 is 0 Å². The fraction of sp³-hybridized carbons (Fsp3) is 0.129. The van der Waals surface area contributed by atoms with Crippen LogP contribution in [0.2, 0.25) is 0 Å². The van der Waals surface area contributed by atoms with Crippen LogP contribution in [-0.2, 0) is 11.2 Å². The van der Waals surface area contributed by atoms with E-state index in [-0.39, 0.29) is 30.8 Å². The lowest BCUT2D eigenvalue weighted by Crippen LogP contribution is -2.49. The number of para-hydroxylation sites is 1. The molecule has 1 heterocycles. The summed E-state index contributed by atoms with van der Waals surface area (Å²) in [5.74, 6) is -2.25. The van der Waals surface area contributed by atoms with Gasteiger partial charge in [0.1, 0.15) is 11.9 Å². The van der Waals surface area contributed by atoms with Crippen molar-refractivity contribution in [2.45, 2.75) is 12.5 Å². The molecule has 0 fully saturated rings. The van der Waals surface area contributed by atoms with Crippen molar-refractivity contribution in [3.63, 3.8) is 0 Å². The van der Waals surface area contributed by atoms with Crippen molar-refractivity contribution in [3.05, 3.63) is 114 Å². The summed E-state index contributed by atoms with van der Waals surface area (Å²) >= 11 is 0. The average molecular weight is 538 g/mol. The molecule has 5 rings (SSSR count). The second kappa shape index (κ2) is 11.8. The summed E-state index contributed by atoms with van der Waals surface area (Å²) < 4.78 is 14.3. The molecular weight excluding hydrogens is 509 g/mol. The van der Waals surface area contributed by atoms with E-state index in [0.717, 1.165) is 39.4 Å². The van der Waals surface area contributed by atoms with Crippen LogP contribution in [0.1, 0.15) is 26.3 Å². The van der Waals surface area contributed by atoms with E-state index < -0.39 is 29.6 Å². The lowest BCUT2D eigenvalue weighted by molar-refractivity contribution is -0.122. The Bertz CT molecular complexity index is 1710. The molecule has 0 aliphatic rings. The van der Waals surface area contributed by atoms with Crippen molar-refractivity contribution in [2.75, 3.05) is 18.4 Å². The number of halogens is 1. The maximum absolute atomic E-state index is 14.3. The Morgan fingerprint density at radius 3 is 2.48 bits per heavy atom. The van der Waals surface area contributed by atoms with Gasteiger partial charge in [0.05, 0.1) is 11.3 Å². The smallest absolute Gasteiger partial charge is 0.255 e. The first-order valence-corrected chi connectivity index (χ1v) is 12.9. The zero-order valence-electron chi connectivity index (χ0n) is 21.5. The van der Waals surface area contributed by atoms with Gasteiger partial charge in [-0.25, -0.2) is 4.39 Å². The van der Waals surface area contributed by atoms with Crippen molar-refractivity contribution >= 4 is 45.1 Å². The van der Waals surface area contributed by atoms with E-state index in [1.807, 2.05) is 54.6 Å². The van der Waals surface area contributed by atoms with E-state index in [0.29, 0.717) is 5.56 Å². The number of H-pyrrole nitrogens is 1. The molecule has 0 bridgehead atoms. The first-order valence-electron chi connectivity index (χ1n) is 12.9. The van der Waals surface area contributed by atoms with Crippen molar-refractivity contribution in [1.82, 2.24) is 15.6 Å². The van der Waals surface area contributed by atoms with Gasteiger partial charge in [0.2, 0.25) is 5.91 Å². The van der Waals surface area contributed by atoms with E-state index in [9.17, 15) is 18.8 Å². The van der Waals surface area contributed by atoms with Crippen LogP contribution in [0, 0.1) is 5.82 Å². The van der Waals surface area contributed by atoms with Crippen LogP contribution in [0.3, 0.4) is 0 Å². The number of aromatic nitrogens is 1. The summed E-state index contributed by atoms with van der Waals surface area (Å²) in [5.41, 5.74) is 7.67. The monoisotopic (exact) mass is 537 g/mol. The van der Waals surface area contributed by atoms with Gasteiger partial charge in [0.15, 0.2) is 0 Å². The van der Waals surface area contributed by atoms with Crippen molar-refractivity contribution in [2.24, 2.45) is 5.73 Å². The Morgan fingerprint density at radius 2 is 1.65 bits per heavy atom. The van der Waals surface area contributed by atoms with Crippen molar-refractivity contribution < 1.29 is 18.8 Å². The summed E-state index contributed by atoms with van der Waals surface area (Å²) in [6.45, 7) is 0.459. The van der Waals surface area contributed by atoms with Crippen LogP contribution in [0.15, 0.2) is 91.1 Å². The van der Waals surface area contributed by atoms with Gasteiger partial charge in [-0.1, -0.05) is 48.5 Å². The molecule has 0 aliphatic carbocycles. The molecule has 202 valence electrons. The maximum Gasteiger partial charge on any atom is 0.255 e. The Balaban J connectivity index is 1.40. The molecule has 0 aliphatic heterocycles. The highest BCUT2D eigenvalue weighted by Gasteiger charge is 2.25. The predicted octanol–water partition coefficient (Wildman–Crippen LogP) is 4.13. The Kier molecular flexibility index (Phi) is 7.84. The number of aromatic amines is 1. The van der Waals surface area contributed by atoms with Gasteiger partial charge in [-0.05, 0) is 52.7 Å². The summed E-state index contributed by atoms with van der Waals surface area (Å²) in [7, 11) is 0. The van der Waals surface area contributed by atoms with E-state index >= 15 is 0 Å². The minimum absolute atomic E-state index is 0.107. The largest absolute Gasteiger partial charge is 0.361 e. The zero-order chi connectivity index (χ0) is 28.1. The van der Waals surface area contributed by atoms with Gasteiger partial charge in [-0.2, -0.15) is 0 Å². The zero-order valence-corrected chi connectivity index (χ0v) is 21.5. The number of hydrogen-bond donors (Lipinski definition) is 5. The third-order valence-corrected chi connectivity index (χ3v) is 6.65. The van der Waals surface area contributed by atoms with Crippen molar-refractivity contribution in [3.8, 4) is 0 Å². The molecule has 1 aromatic heterocycles. The summed E-state index contributed by atoms with van der Waals surface area (Å²) in [6, 6.07) is 23.0. The Labute approximate surface area is 229 Å². The van der Waals surface area contributed by atoms with E-state index in [4.69, 9.17) is 5.73 Å². The lowest BCUT2D eigenvalue weighted by atomic mass is 10.0. The lowest BCUT2D eigenvalue weighted by Gasteiger charge is -2.19. The molecular formula is C31H28FN5O3. The van der Waals surface area contributed by atoms with Gasteiger partial charge in [-0.3, -0.25) is 14.4 Å². The Morgan fingerprint density at radius 1 is 0.875 bits per heavy atom. The fourth-order valence-electron chi connectivity index (χ4n) is 4.62. The fourth-order valence-corrected chi connectivity index (χ4v) is 4.62. The molecule has 0 radical (unpaired) electrons. The number of carbonyl (C=O) groups excluding carboxylic acids is 3. The Hall–Kier alpha value is -5.02. The average Bonchev–Trinajstić information content (AvgIpc) is 3.38. The molecule has 40 heavy (non-hydrogen) atoms. The number of hydrogen-bond acceptors (Lipinski definition) is 4. The standard InChI is InChI=1S/C31H28FN5O3/c32-23-11-12-27(36-29(38)21-10-9-19-5-1-2-6-20(19)15-21)25(17-23)30(39)37-28(31(40)34-14-13-33)16-22-18-35-26-8-4-3-7-24(22)26/h1-12,15,17-18,28,35H,13-14,16,33H2,(H,34,40)(H,36,38)(H,37,39)/t28-/m0/s1. The number of carbonyl (C=O) groups is 3. The molecule has 5 aromatic rings. The summed E-state index contributed by atoms with van der Waals surface area (Å²) in [4.78, 5) is 42.7. The van der Waals surface area contributed by atoms with Crippen molar-refractivity contribution in [1.29, 1.82) is 0 Å². The molecule has 8 nitrogen and oxygen atoms in total. The molecule has 4 aromatic carbocycles. The van der Waals surface area contributed by atoms with E-state index in [2.05, 4.69) is 20.9 Å². The minimum atomic E-state index is -0.981. The highest BCUT2D eigenvalue weighted by Crippen LogP contribution is 2.22. The van der Waals surface area contributed by atoms with Crippen LogP contribution >= 0.6 is 0 Å². The van der Waals surface area contributed by atoms with Crippen LogP contribution in [0.4, 0.5) is 10.1 Å². The summed E-state index contributed by atoms with van der Waals surface area (Å²) in [5, 5.41) is 10.9. The van der Waals surface area contributed by atoms with Gasteiger partial charge in [0, 0.05) is 42.2 Å². The molecule has 1 atom stereocenters. The number of amides is 3. The molecule has 0 saturated carbocycles. The molecule has 3 amide bonds. The normalized spacial score (nSPS) is 11.8. The second-order valence-electron chi connectivity index (χ2n) is 9.38. The molecule has 0 saturated heterocycles. The second-order valence-corrected chi connectivity index (χ2v) is 9.38. The van der Waals surface area contributed by atoms with Gasteiger partial charge in [0.25, 0.3) is 11.8 Å². The maximum atomic E-state index is 14.3. The SMILES string of the molecule is NCCNC(=O)[C@H](Cc1c[nH]c2ccccc12)NC(=O)c1cc(F)ccc1NC(=O)c1ccc2ccccc2c1.